The summed E-state index contributed by atoms with van der Waals surface area (Å²) in [5, 5.41) is 0. The minimum Gasteiger partial charge on any atom is -0.469 e. The van der Waals surface area contributed by atoms with Crippen LogP contribution < -0.4 is 0 Å². The predicted molar refractivity (Wildman–Crippen MR) is 105 cm³/mol. The van der Waals surface area contributed by atoms with Gasteiger partial charge < -0.3 is 14.5 Å². The van der Waals surface area contributed by atoms with Gasteiger partial charge in [-0.05, 0) is 30.5 Å². The second-order valence-corrected chi connectivity index (χ2v) is 7.53. The van der Waals surface area contributed by atoms with E-state index in [-0.39, 0.29) is 36.4 Å². The zero-order chi connectivity index (χ0) is 20.5. The van der Waals surface area contributed by atoms with Gasteiger partial charge in [-0.1, -0.05) is 36.4 Å². The molecule has 2 saturated heterocycles. The number of benzene rings is 1. The normalized spacial score (nSPS) is 23.7. The largest absolute Gasteiger partial charge is 0.469 e. The number of esters is 1. The zero-order valence-corrected chi connectivity index (χ0v) is 16.4. The van der Waals surface area contributed by atoms with Crippen molar-refractivity contribution in [3.8, 4) is 0 Å². The topological polar surface area (TPSA) is 79.8 Å². The molecular weight excluding hydrogens is 370 g/mol. The van der Waals surface area contributed by atoms with E-state index in [0.29, 0.717) is 18.7 Å². The summed E-state index contributed by atoms with van der Waals surface area (Å²) in [5.74, 6) is -1.21. The number of piperazine rings is 1. The molecule has 0 bridgehead atoms. The Labute approximate surface area is 169 Å². The molecular formula is C22H23N3O4. The zero-order valence-electron chi connectivity index (χ0n) is 16.4. The summed E-state index contributed by atoms with van der Waals surface area (Å²) in [5.41, 5.74) is 2.03. The number of amides is 2. The van der Waals surface area contributed by atoms with E-state index in [9.17, 15) is 14.4 Å². The number of hydrogen-bond acceptors (Lipinski definition) is 5. The third-order valence-corrected chi connectivity index (χ3v) is 5.79. The number of carbonyl (C=O) groups is 3. The van der Waals surface area contributed by atoms with E-state index in [1.165, 1.54) is 7.11 Å². The summed E-state index contributed by atoms with van der Waals surface area (Å²) in [6, 6.07) is 12.5. The van der Waals surface area contributed by atoms with Crippen molar-refractivity contribution in [3.05, 3.63) is 65.5 Å². The first-order valence-electron chi connectivity index (χ1n) is 9.66. The highest BCUT2D eigenvalue weighted by atomic mass is 16.5. The van der Waals surface area contributed by atoms with E-state index >= 15 is 0 Å². The van der Waals surface area contributed by atoms with Gasteiger partial charge in [-0.2, -0.15) is 0 Å². The van der Waals surface area contributed by atoms with Crippen molar-refractivity contribution in [2.45, 2.75) is 25.4 Å². The molecule has 1 aromatic carbocycles. The summed E-state index contributed by atoms with van der Waals surface area (Å²) in [7, 11) is 1.36. The minimum absolute atomic E-state index is 0.0252. The van der Waals surface area contributed by atoms with Crippen molar-refractivity contribution < 1.29 is 19.1 Å². The van der Waals surface area contributed by atoms with E-state index in [4.69, 9.17) is 4.74 Å². The van der Waals surface area contributed by atoms with Crippen LogP contribution in [-0.4, -0.2) is 58.8 Å². The average Bonchev–Trinajstić information content (AvgIpc) is 3.14. The molecule has 4 rings (SSSR count). The Balaban J connectivity index is 1.64. The number of carbonyl (C=O) groups excluding carboxylic acids is 3. The maximum Gasteiger partial charge on any atom is 0.311 e. The summed E-state index contributed by atoms with van der Waals surface area (Å²) in [6.45, 7) is 2.17. The summed E-state index contributed by atoms with van der Waals surface area (Å²) >= 11 is 0. The number of aryl methyl sites for hydroxylation is 1. The van der Waals surface area contributed by atoms with Crippen molar-refractivity contribution in [1.82, 2.24) is 14.8 Å². The quantitative estimate of drug-likeness (QED) is 0.745. The monoisotopic (exact) mass is 393 g/mol. The fourth-order valence-electron chi connectivity index (χ4n) is 4.48. The van der Waals surface area contributed by atoms with Gasteiger partial charge in [0.1, 0.15) is 12.2 Å². The highest BCUT2D eigenvalue weighted by Crippen LogP contribution is 2.43. The number of rotatable bonds is 3. The van der Waals surface area contributed by atoms with Gasteiger partial charge in [-0.3, -0.25) is 19.4 Å². The molecule has 2 aliphatic heterocycles. The smallest absolute Gasteiger partial charge is 0.311 e. The molecule has 2 aliphatic rings. The van der Waals surface area contributed by atoms with E-state index < -0.39 is 5.92 Å². The van der Waals surface area contributed by atoms with Crippen molar-refractivity contribution in [2.24, 2.45) is 5.92 Å². The molecule has 2 aromatic rings. The number of ether oxygens (including phenoxy) is 1. The van der Waals surface area contributed by atoms with Crippen LogP contribution in [0.5, 0.6) is 0 Å². The Hall–Kier alpha value is -3.22. The molecule has 2 fully saturated rings. The first-order chi connectivity index (χ1) is 14.0. The van der Waals surface area contributed by atoms with Gasteiger partial charge in [-0.15, -0.1) is 0 Å². The molecule has 150 valence electrons. The average molecular weight is 393 g/mol. The summed E-state index contributed by atoms with van der Waals surface area (Å²) in [6.07, 6.45) is 2.04. The summed E-state index contributed by atoms with van der Waals surface area (Å²) in [4.78, 5) is 46.1. The van der Waals surface area contributed by atoms with Gasteiger partial charge in [0.15, 0.2) is 0 Å². The Bertz CT molecular complexity index is 946. The Kier molecular flexibility index (Phi) is 5.05. The standard InChI is InChI=1S/C22H23N3O4/c1-14-7-6-10-23-19(14)21(27)24-12-16-11-17(22(28)29-2)20(25(16)18(26)13-24)15-8-4-3-5-9-15/h3-10,16-17,20H,11-13H2,1-2H3/t16-,17-,20-/m0/s1. The third kappa shape index (κ3) is 3.37. The molecule has 0 unspecified atom stereocenters. The molecule has 0 N–H and O–H groups in total. The molecule has 0 radical (unpaired) electrons. The van der Waals surface area contributed by atoms with Crippen LogP contribution in [0.3, 0.4) is 0 Å². The van der Waals surface area contributed by atoms with E-state index in [1.54, 1.807) is 22.1 Å². The van der Waals surface area contributed by atoms with E-state index in [1.807, 2.05) is 43.3 Å². The number of pyridine rings is 1. The van der Waals surface area contributed by atoms with Crippen LogP contribution in [0.15, 0.2) is 48.7 Å². The molecule has 7 nitrogen and oxygen atoms in total. The molecule has 0 aliphatic carbocycles. The third-order valence-electron chi connectivity index (χ3n) is 5.79. The molecule has 0 saturated carbocycles. The lowest BCUT2D eigenvalue weighted by Gasteiger charge is -2.40. The molecule has 1 aromatic heterocycles. The van der Waals surface area contributed by atoms with Gasteiger partial charge >= 0.3 is 5.97 Å². The number of fused-ring (bicyclic) bond motifs is 1. The van der Waals surface area contributed by atoms with Crippen molar-refractivity contribution in [1.29, 1.82) is 0 Å². The highest BCUT2D eigenvalue weighted by molar-refractivity contribution is 5.97. The molecule has 3 atom stereocenters. The second-order valence-electron chi connectivity index (χ2n) is 7.53. The van der Waals surface area contributed by atoms with Crippen LogP contribution in [0, 0.1) is 12.8 Å². The van der Waals surface area contributed by atoms with Gasteiger partial charge in [0.2, 0.25) is 5.91 Å². The van der Waals surface area contributed by atoms with Gasteiger partial charge in [0, 0.05) is 12.7 Å². The highest BCUT2D eigenvalue weighted by Gasteiger charge is 2.51. The van der Waals surface area contributed by atoms with E-state index in [2.05, 4.69) is 4.98 Å². The Morgan fingerprint density at radius 3 is 2.59 bits per heavy atom. The number of methoxy groups -OCH3 is 1. The number of hydrogen-bond donors (Lipinski definition) is 0. The first-order valence-corrected chi connectivity index (χ1v) is 9.66. The molecule has 0 spiro atoms. The van der Waals surface area contributed by atoms with Crippen LogP contribution in [0.4, 0.5) is 0 Å². The van der Waals surface area contributed by atoms with Crippen molar-refractivity contribution >= 4 is 17.8 Å². The molecule has 29 heavy (non-hydrogen) atoms. The predicted octanol–water partition coefficient (Wildman–Crippen LogP) is 1.98. The van der Waals surface area contributed by atoms with Crippen molar-refractivity contribution in [2.75, 3.05) is 20.2 Å². The SMILES string of the molecule is COC(=O)[C@H]1C[C@H]2CN(C(=O)c3ncccc3C)CC(=O)N2[C@H]1c1ccccc1. The van der Waals surface area contributed by atoms with Crippen LogP contribution in [0.1, 0.15) is 34.1 Å². The van der Waals surface area contributed by atoms with Crippen molar-refractivity contribution in [3.63, 3.8) is 0 Å². The summed E-state index contributed by atoms with van der Waals surface area (Å²) < 4.78 is 5.02. The minimum atomic E-state index is -0.456. The van der Waals surface area contributed by atoms with Crippen LogP contribution in [0.25, 0.3) is 0 Å². The fraction of sp³-hybridized carbons (Fsp3) is 0.364. The van der Waals surface area contributed by atoms with Gasteiger partial charge in [0.05, 0.1) is 25.1 Å². The van der Waals surface area contributed by atoms with E-state index in [0.717, 1.165) is 11.1 Å². The molecule has 7 heteroatoms. The lowest BCUT2D eigenvalue weighted by atomic mass is 9.93. The first kappa shape index (κ1) is 19.1. The number of nitrogens with zero attached hydrogens (tertiary/aromatic N) is 3. The Morgan fingerprint density at radius 2 is 1.90 bits per heavy atom. The van der Waals surface area contributed by atoms with Crippen LogP contribution in [0.2, 0.25) is 0 Å². The fourth-order valence-corrected chi connectivity index (χ4v) is 4.48. The van der Waals surface area contributed by atoms with Gasteiger partial charge in [-0.25, -0.2) is 0 Å². The number of aromatic nitrogens is 1. The maximum absolute atomic E-state index is 13.1. The second kappa shape index (κ2) is 7.66. The lowest BCUT2D eigenvalue weighted by molar-refractivity contribution is -0.147. The van der Waals surface area contributed by atoms with Crippen LogP contribution in [-0.2, 0) is 14.3 Å². The van der Waals surface area contributed by atoms with Crippen LogP contribution >= 0.6 is 0 Å². The van der Waals surface area contributed by atoms with Gasteiger partial charge in [0.25, 0.3) is 5.91 Å². The maximum atomic E-state index is 13.1. The molecule has 3 heterocycles. The lowest BCUT2D eigenvalue weighted by Crippen LogP contribution is -2.56. The molecule has 2 amide bonds. The Morgan fingerprint density at radius 1 is 1.14 bits per heavy atom.